The summed E-state index contributed by atoms with van der Waals surface area (Å²) in [6.45, 7) is 1.73. The summed E-state index contributed by atoms with van der Waals surface area (Å²) < 4.78 is 3.28. The van der Waals surface area contributed by atoms with Gasteiger partial charge in [-0.1, -0.05) is 0 Å². The molecule has 1 aliphatic carbocycles. The van der Waals surface area contributed by atoms with Gasteiger partial charge in [0.15, 0.2) is 5.65 Å². The Hall–Kier alpha value is -0.940. The molecule has 1 fully saturated rings. The largest absolute Gasteiger partial charge is 0.330 e. The van der Waals surface area contributed by atoms with Gasteiger partial charge in [-0.3, -0.25) is 0 Å². The molecule has 0 unspecified atom stereocenters. The molecule has 1 saturated carbocycles. The highest BCUT2D eigenvalue weighted by Crippen LogP contribution is 2.40. The molecule has 0 saturated heterocycles. The van der Waals surface area contributed by atoms with E-state index >= 15 is 0 Å². The lowest BCUT2D eigenvalue weighted by atomic mass is 10.3. The molecule has 0 atom stereocenters. The molecule has 2 aromatic rings. The molecule has 3 rings (SSSR count). The summed E-state index contributed by atoms with van der Waals surface area (Å²) in [6.07, 6.45) is 6.53. The lowest BCUT2D eigenvalue weighted by Crippen LogP contribution is -2.06. The molecular formula is C13H17BrN4. The average molecular weight is 309 g/mol. The predicted molar refractivity (Wildman–Crippen MR) is 75.5 cm³/mol. The number of hydrogen-bond acceptors (Lipinski definition) is 3. The molecule has 2 aromatic heterocycles. The summed E-state index contributed by atoms with van der Waals surface area (Å²) in [5, 5.41) is 0. The second-order valence-corrected chi connectivity index (χ2v) is 5.80. The number of nitrogens with two attached hydrogens (primary N) is 1. The highest BCUT2D eigenvalue weighted by molar-refractivity contribution is 9.10. The molecule has 0 aliphatic heterocycles. The Labute approximate surface area is 115 Å². The molecule has 0 amide bonds. The van der Waals surface area contributed by atoms with Gasteiger partial charge in [0.2, 0.25) is 0 Å². The van der Waals surface area contributed by atoms with Crippen LogP contribution in [0.4, 0.5) is 0 Å². The summed E-state index contributed by atoms with van der Waals surface area (Å²) in [5.74, 6) is 1.86. The number of unbranched alkanes of at least 4 members (excludes halogenated alkanes) is 1. The molecule has 0 radical (unpaired) electrons. The maximum Gasteiger partial charge on any atom is 0.160 e. The van der Waals surface area contributed by atoms with Crippen molar-refractivity contribution in [1.29, 1.82) is 0 Å². The van der Waals surface area contributed by atoms with Gasteiger partial charge in [-0.15, -0.1) is 0 Å². The number of aryl methyl sites for hydroxylation is 1. The van der Waals surface area contributed by atoms with E-state index in [1.807, 2.05) is 12.3 Å². The van der Waals surface area contributed by atoms with Crippen LogP contribution in [0.2, 0.25) is 0 Å². The zero-order chi connectivity index (χ0) is 12.5. The standard InChI is InChI=1S/C13H17BrN4/c14-10-7-11-13(16-8-10)18(6-2-1-5-15)12(17-11)9-3-4-9/h7-9H,1-6,15H2. The zero-order valence-corrected chi connectivity index (χ0v) is 11.9. The third-order valence-electron chi connectivity index (χ3n) is 3.36. The van der Waals surface area contributed by atoms with Crippen molar-refractivity contribution in [3.63, 3.8) is 0 Å². The summed E-state index contributed by atoms with van der Waals surface area (Å²) in [7, 11) is 0. The van der Waals surface area contributed by atoms with Crippen LogP contribution in [0.5, 0.6) is 0 Å². The fraction of sp³-hybridized carbons (Fsp3) is 0.538. The van der Waals surface area contributed by atoms with E-state index in [4.69, 9.17) is 10.7 Å². The molecule has 0 bridgehead atoms. The fourth-order valence-corrected chi connectivity index (χ4v) is 2.61. The Bertz CT molecular complexity index is 559. The van der Waals surface area contributed by atoms with Gasteiger partial charge in [-0.2, -0.15) is 0 Å². The topological polar surface area (TPSA) is 56.7 Å². The third kappa shape index (κ3) is 2.29. The second kappa shape index (κ2) is 4.97. The average Bonchev–Trinajstić information content (AvgIpc) is 3.13. The third-order valence-corrected chi connectivity index (χ3v) is 3.79. The molecule has 1 aliphatic rings. The zero-order valence-electron chi connectivity index (χ0n) is 10.3. The number of rotatable bonds is 5. The van der Waals surface area contributed by atoms with Crippen molar-refractivity contribution >= 4 is 27.1 Å². The van der Waals surface area contributed by atoms with E-state index in [9.17, 15) is 0 Å². The van der Waals surface area contributed by atoms with Gasteiger partial charge in [-0.25, -0.2) is 9.97 Å². The molecule has 0 aromatic carbocycles. The molecule has 0 spiro atoms. The van der Waals surface area contributed by atoms with Crippen molar-refractivity contribution in [2.24, 2.45) is 5.73 Å². The first-order valence-corrected chi connectivity index (χ1v) is 7.30. The van der Waals surface area contributed by atoms with E-state index in [0.717, 1.165) is 41.6 Å². The fourth-order valence-electron chi connectivity index (χ4n) is 2.29. The Morgan fingerprint density at radius 1 is 1.39 bits per heavy atom. The normalized spacial score (nSPS) is 15.4. The second-order valence-electron chi connectivity index (χ2n) is 4.89. The first-order valence-electron chi connectivity index (χ1n) is 6.51. The van der Waals surface area contributed by atoms with E-state index in [1.54, 1.807) is 0 Å². The highest BCUT2D eigenvalue weighted by atomic mass is 79.9. The van der Waals surface area contributed by atoms with Gasteiger partial charge in [-0.05, 0) is 54.2 Å². The first-order chi connectivity index (χ1) is 8.79. The maximum atomic E-state index is 5.56. The summed E-state index contributed by atoms with van der Waals surface area (Å²) >= 11 is 3.45. The molecule has 2 heterocycles. The number of imidazole rings is 1. The molecule has 4 nitrogen and oxygen atoms in total. The lowest BCUT2D eigenvalue weighted by Gasteiger charge is -2.07. The van der Waals surface area contributed by atoms with Gasteiger partial charge in [0.1, 0.15) is 11.3 Å². The Morgan fingerprint density at radius 3 is 2.94 bits per heavy atom. The monoisotopic (exact) mass is 308 g/mol. The molecule has 96 valence electrons. The number of fused-ring (bicyclic) bond motifs is 1. The molecule has 2 N–H and O–H groups in total. The van der Waals surface area contributed by atoms with Crippen molar-refractivity contribution in [3.05, 3.63) is 22.6 Å². The van der Waals surface area contributed by atoms with Crippen LogP contribution in [0.25, 0.3) is 11.2 Å². The van der Waals surface area contributed by atoms with Crippen LogP contribution in [0, 0.1) is 0 Å². The van der Waals surface area contributed by atoms with Gasteiger partial charge in [0.05, 0.1) is 0 Å². The molecule has 5 heteroatoms. The van der Waals surface area contributed by atoms with Crippen LogP contribution in [-0.4, -0.2) is 21.1 Å². The number of halogens is 1. The van der Waals surface area contributed by atoms with E-state index < -0.39 is 0 Å². The quantitative estimate of drug-likeness (QED) is 0.864. The number of hydrogen-bond donors (Lipinski definition) is 1. The van der Waals surface area contributed by atoms with Gasteiger partial charge < -0.3 is 10.3 Å². The predicted octanol–water partition coefficient (Wildman–Crippen LogP) is 2.81. The SMILES string of the molecule is NCCCCn1c(C2CC2)nc2cc(Br)cnc21. The first kappa shape index (κ1) is 12.1. The number of pyridine rings is 1. The lowest BCUT2D eigenvalue weighted by molar-refractivity contribution is 0.600. The van der Waals surface area contributed by atoms with Crippen molar-refractivity contribution in [2.45, 2.75) is 38.1 Å². The van der Waals surface area contributed by atoms with Crippen LogP contribution in [0.1, 0.15) is 37.4 Å². The van der Waals surface area contributed by atoms with Gasteiger partial charge in [0, 0.05) is 23.1 Å². The number of nitrogens with zero attached hydrogens (tertiary/aromatic N) is 3. The summed E-state index contributed by atoms with van der Waals surface area (Å²) in [4.78, 5) is 9.27. The highest BCUT2D eigenvalue weighted by Gasteiger charge is 2.29. The van der Waals surface area contributed by atoms with Gasteiger partial charge in [0.25, 0.3) is 0 Å². The minimum absolute atomic E-state index is 0.649. The molecule has 18 heavy (non-hydrogen) atoms. The van der Waals surface area contributed by atoms with Crippen LogP contribution in [0.3, 0.4) is 0 Å². The summed E-state index contributed by atoms with van der Waals surface area (Å²) in [5.41, 5.74) is 7.57. The Kier molecular flexibility index (Phi) is 3.35. The van der Waals surface area contributed by atoms with Crippen molar-refractivity contribution in [2.75, 3.05) is 6.54 Å². The van der Waals surface area contributed by atoms with Gasteiger partial charge >= 0.3 is 0 Å². The summed E-state index contributed by atoms with van der Waals surface area (Å²) in [6, 6.07) is 2.05. The minimum atomic E-state index is 0.649. The Morgan fingerprint density at radius 2 is 2.22 bits per heavy atom. The minimum Gasteiger partial charge on any atom is -0.330 e. The maximum absolute atomic E-state index is 5.56. The van der Waals surface area contributed by atoms with Crippen molar-refractivity contribution in [3.8, 4) is 0 Å². The van der Waals surface area contributed by atoms with E-state index in [2.05, 4.69) is 25.5 Å². The Balaban J connectivity index is 1.99. The van der Waals surface area contributed by atoms with Crippen LogP contribution in [-0.2, 0) is 6.54 Å². The van der Waals surface area contributed by atoms with E-state index in [0.29, 0.717) is 5.92 Å². The van der Waals surface area contributed by atoms with Crippen molar-refractivity contribution < 1.29 is 0 Å². The van der Waals surface area contributed by atoms with Crippen LogP contribution < -0.4 is 5.73 Å². The van der Waals surface area contributed by atoms with E-state index in [-0.39, 0.29) is 0 Å². The smallest absolute Gasteiger partial charge is 0.160 e. The van der Waals surface area contributed by atoms with E-state index in [1.165, 1.54) is 18.7 Å². The van der Waals surface area contributed by atoms with Crippen molar-refractivity contribution in [1.82, 2.24) is 14.5 Å². The van der Waals surface area contributed by atoms with Crippen LogP contribution >= 0.6 is 15.9 Å². The van der Waals surface area contributed by atoms with Crippen LogP contribution in [0.15, 0.2) is 16.7 Å². The number of aromatic nitrogens is 3. The molecular weight excluding hydrogens is 292 g/mol.